The number of carbonyl (C=O) groups excluding carboxylic acids is 1. The van der Waals surface area contributed by atoms with E-state index in [1.807, 2.05) is 0 Å². The van der Waals surface area contributed by atoms with E-state index in [9.17, 15) is 50.8 Å². The summed E-state index contributed by atoms with van der Waals surface area (Å²) in [6.07, 6.45) is -15.6. The quantitative estimate of drug-likeness (QED) is 0.122. The number of phenols is 1. The van der Waals surface area contributed by atoms with Gasteiger partial charge in [-0.1, -0.05) is 18.2 Å². The zero-order valence-corrected chi connectivity index (χ0v) is 22.7. The van der Waals surface area contributed by atoms with E-state index in [1.165, 1.54) is 18.2 Å². The maximum atomic E-state index is 13.1. The monoisotopic (exact) mass is 614 g/mol. The van der Waals surface area contributed by atoms with Crippen molar-refractivity contribution in [2.45, 2.75) is 68.0 Å². The Morgan fingerprint density at radius 3 is 1.81 bits per heavy atom. The molecule has 9 N–H and O–H groups in total. The summed E-state index contributed by atoms with van der Waals surface area (Å²) in [6, 6.07) is 8.40. The Morgan fingerprint density at radius 2 is 1.28 bits per heavy atom. The van der Waals surface area contributed by atoms with Crippen LogP contribution in [0.25, 0.3) is 0 Å². The van der Waals surface area contributed by atoms with Crippen LogP contribution in [0.1, 0.15) is 15.9 Å². The molecule has 0 spiro atoms. The highest BCUT2D eigenvalue weighted by atomic mass is 16.7. The first kappa shape index (κ1) is 32.6. The van der Waals surface area contributed by atoms with Crippen molar-refractivity contribution in [2.75, 3.05) is 20.3 Å². The Morgan fingerprint density at radius 1 is 0.744 bits per heavy atom. The second-order valence-corrected chi connectivity index (χ2v) is 9.81. The molecule has 2 aromatic rings. The number of benzene rings is 2. The molecule has 2 heterocycles. The van der Waals surface area contributed by atoms with Gasteiger partial charge in [0.2, 0.25) is 12.6 Å². The number of aliphatic hydroxyl groups is 8. The van der Waals surface area contributed by atoms with Crippen LogP contribution in [-0.2, 0) is 20.8 Å². The van der Waals surface area contributed by atoms with E-state index in [0.717, 1.165) is 13.2 Å². The second kappa shape index (κ2) is 14.0. The number of rotatable bonds is 10. The standard InChI is InChI=1S/C27H34O16/c1-38-24-14(41-27-23(36)21(34)19(32)16(9-29)43-27)7-6-12(30)17(24)25(37)39-10-11-4-2-3-5-13(11)40-26-22(35)20(33)18(31)15(8-28)42-26/h2-7,15-16,18-23,26-36H,8-10H2,1H3/t15-,16+,18-,19-,20+,21-,22-,23-,26+,27+/m1/s1. The minimum Gasteiger partial charge on any atom is -0.507 e. The van der Waals surface area contributed by atoms with Gasteiger partial charge >= 0.3 is 5.97 Å². The van der Waals surface area contributed by atoms with Crippen molar-refractivity contribution in [1.82, 2.24) is 0 Å². The molecule has 0 radical (unpaired) electrons. The number of methoxy groups -OCH3 is 1. The van der Waals surface area contributed by atoms with Crippen molar-refractivity contribution in [3.63, 3.8) is 0 Å². The van der Waals surface area contributed by atoms with Crippen molar-refractivity contribution in [3.8, 4) is 23.0 Å². The topological polar surface area (TPSA) is 255 Å². The number of esters is 1. The molecule has 16 heteroatoms. The molecule has 2 aliphatic heterocycles. The minimum atomic E-state index is -1.76. The first-order valence-corrected chi connectivity index (χ1v) is 13.1. The fraction of sp³-hybridized carbons (Fsp3) is 0.519. The zero-order chi connectivity index (χ0) is 31.4. The molecular formula is C27H34O16. The molecule has 0 aliphatic carbocycles. The van der Waals surface area contributed by atoms with Crippen molar-refractivity contribution in [3.05, 3.63) is 47.5 Å². The van der Waals surface area contributed by atoms with Gasteiger partial charge in [-0.25, -0.2) is 4.79 Å². The Labute approximate surface area is 244 Å². The molecule has 0 amide bonds. The molecule has 2 fully saturated rings. The number of aromatic hydroxyl groups is 1. The summed E-state index contributed by atoms with van der Waals surface area (Å²) >= 11 is 0. The maximum absolute atomic E-state index is 13.1. The fourth-order valence-corrected chi connectivity index (χ4v) is 4.58. The van der Waals surface area contributed by atoms with Crippen molar-refractivity contribution < 1.29 is 79.2 Å². The number of hydrogen-bond acceptors (Lipinski definition) is 16. The Bertz CT molecular complexity index is 1240. The Balaban J connectivity index is 1.50. The van der Waals surface area contributed by atoms with Crippen LogP contribution in [-0.4, -0.2) is 134 Å². The predicted molar refractivity (Wildman–Crippen MR) is 139 cm³/mol. The SMILES string of the molecule is COc1c(O[C@H]2O[C@@H](CO)[C@@H](O)[C@@H](O)[C@H]2O)ccc(O)c1C(=O)OCc1ccccc1O[C@H]1O[C@H](CO)[C@@H](O)[C@H](O)[C@H]1O. The molecule has 2 saturated heterocycles. The van der Waals surface area contributed by atoms with E-state index in [0.29, 0.717) is 0 Å². The van der Waals surface area contributed by atoms with Crippen molar-refractivity contribution >= 4 is 5.97 Å². The first-order chi connectivity index (χ1) is 20.5. The Hall–Kier alpha value is -3.29. The largest absolute Gasteiger partial charge is 0.507 e. The van der Waals surface area contributed by atoms with Gasteiger partial charge in [0.15, 0.2) is 11.5 Å². The number of para-hydroxylation sites is 1. The van der Waals surface area contributed by atoms with Crippen LogP contribution in [0.15, 0.2) is 36.4 Å². The summed E-state index contributed by atoms with van der Waals surface area (Å²) in [5, 5.41) is 90.0. The third-order valence-electron chi connectivity index (χ3n) is 7.02. The highest BCUT2D eigenvalue weighted by molar-refractivity contribution is 5.96. The van der Waals surface area contributed by atoms with E-state index in [2.05, 4.69) is 0 Å². The Kier molecular flexibility index (Phi) is 10.6. The molecule has 43 heavy (non-hydrogen) atoms. The van der Waals surface area contributed by atoms with Gasteiger partial charge in [-0.05, 0) is 18.2 Å². The lowest BCUT2D eigenvalue weighted by molar-refractivity contribution is -0.277. The molecule has 0 bridgehead atoms. The molecule has 16 nitrogen and oxygen atoms in total. The molecule has 238 valence electrons. The van der Waals surface area contributed by atoms with Crippen LogP contribution in [0.3, 0.4) is 0 Å². The van der Waals surface area contributed by atoms with E-state index in [-0.39, 0.29) is 22.8 Å². The highest BCUT2D eigenvalue weighted by Crippen LogP contribution is 2.39. The molecule has 0 saturated carbocycles. The van der Waals surface area contributed by atoms with Crippen LogP contribution in [0.2, 0.25) is 0 Å². The molecule has 10 atom stereocenters. The van der Waals surface area contributed by atoms with Gasteiger partial charge in [-0.2, -0.15) is 0 Å². The average Bonchev–Trinajstić information content (AvgIpc) is 3.01. The number of ether oxygens (including phenoxy) is 6. The smallest absolute Gasteiger partial charge is 0.346 e. The van der Waals surface area contributed by atoms with Gasteiger partial charge in [0.05, 0.1) is 20.3 Å². The van der Waals surface area contributed by atoms with Crippen molar-refractivity contribution in [1.29, 1.82) is 0 Å². The van der Waals surface area contributed by atoms with Crippen LogP contribution < -0.4 is 14.2 Å². The lowest BCUT2D eigenvalue weighted by atomic mass is 9.99. The van der Waals surface area contributed by atoms with E-state index >= 15 is 0 Å². The zero-order valence-electron chi connectivity index (χ0n) is 22.7. The highest BCUT2D eigenvalue weighted by Gasteiger charge is 2.46. The summed E-state index contributed by atoms with van der Waals surface area (Å²) in [7, 11) is 1.16. The van der Waals surface area contributed by atoms with Crippen LogP contribution in [0.4, 0.5) is 0 Å². The van der Waals surface area contributed by atoms with Crippen molar-refractivity contribution in [2.24, 2.45) is 0 Å². The predicted octanol–water partition coefficient (Wildman–Crippen LogP) is -2.88. The third-order valence-corrected chi connectivity index (χ3v) is 7.02. The lowest BCUT2D eigenvalue weighted by Gasteiger charge is -2.39. The molecular weight excluding hydrogens is 580 g/mol. The minimum absolute atomic E-state index is 0.0653. The number of hydrogen-bond donors (Lipinski definition) is 9. The second-order valence-electron chi connectivity index (χ2n) is 9.81. The summed E-state index contributed by atoms with van der Waals surface area (Å²) in [4.78, 5) is 13.1. The maximum Gasteiger partial charge on any atom is 0.346 e. The van der Waals surface area contributed by atoms with Gasteiger partial charge in [0.25, 0.3) is 0 Å². The molecule has 0 aromatic heterocycles. The molecule has 0 unspecified atom stereocenters. The van der Waals surface area contributed by atoms with Gasteiger partial charge in [-0.15, -0.1) is 0 Å². The number of aliphatic hydroxyl groups excluding tert-OH is 8. The summed E-state index contributed by atoms with van der Waals surface area (Å²) in [5.41, 5.74) is -0.211. The lowest BCUT2D eigenvalue weighted by Crippen LogP contribution is -2.60. The first-order valence-electron chi connectivity index (χ1n) is 13.1. The van der Waals surface area contributed by atoms with Crippen LogP contribution in [0.5, 0.6) is 23.0 Å². The summed E-state index contributed by atoms with van der Waals surface area (Å²) in [6.45, 7) is -1.79. The third kappa shape index (κ3) is 6.78. The van der Waals surface area contributed by atoms with E-state index in [4.69, 9.17) is 28.4 Å². The molecule has 2 aromatic carbocycles. The normalized spacial score (nSPS) is 32.6. The van der Waals surface area contributed by atoms with Gasteiger partial charge in [-0.3, -0.25) is 0 Å². The van der Waals surface area contributed by atoms with E-state index < -0.39 is 98.5 Å². The molecule has 4 rings (SSSR count). The van der Waals surface area contributed by atoms with E-state index in [1.54, 1.807) is 12.1 Å². The van der Waals surface area contributed by atoms with Crippen LogP contribution in [0, 0.1) is 0 Å². The fourth-order valence-electron chi connectivity index (χ4n) is 4.58. The summed E-state index contributed by atoms with van der Waals surface area (Å²) < 4.78 is 32.6. The van der Waals surface area contributed by atoms with Gasteiger partial charge in [0.1, 0.15) is 72.5 Å². The average molecular weight is 615 g/mol. The van der Waals surface area contributed by atoms with Gasteiger partial charge in [0, 0.05) is 5.56 Å². The molecule has 2 aliphatic rings. The number of phenolic OH excluding ortho intramolecular Hbond substituents is 1. The van der Waals surface area contributed by atoms with Gasteiger partial charge < -0.3 is 74.4 Å². The number of carbonyl (C=O) groups is 1. The van der Waals surface area contributed by atoms with Crippen LogP contribution >= 0.6 is 0 Å². The summed E-state index contributed by atoms with van der Waals surface area (Å²) in [5.74, 6) is -2.13.